The van der Waals surface area contributed by atoms with Gasteiger partial charge in [-0.3, -0.25) is 9.82 Å². The molecule has 0 fully saturated rings. The van der Waals surface area contributed by atoms with Gasteiger partial charge in [0, 0.05) is 10.6 Å². The van der Waals surface area contributed by atoms with Crippen molar-refractivity contribution in [2.45, 2.75) is 18.7 Å². The molecular weight excluding hydrogens is 274 g/mol. The molecule has 1 aromatic heterocycles. The monoisotopic (exact) mass is 285 g/mol. The first-order valence-corrected chi connectivity index (χ1v) is 7.05. The lowest BCUT2D eigenvalue weighted by Gasteiger charge is -2.09. The lowest BCUT2D eigenvalue weighted by Crippen LogP contribution is -2.15. The summed E-state index contributed by atoms with van der Waals surface area (Å²) in [5, 5.41) is 6.73. The molecule has 1 aromatic carbocycles. The molecule has 7 heteroatoms. The molecule has 0 atom stereocenters. The van der Waals surface area contributed by atoms with Gasteiger partial charge in [0.25, 0.3) is 10.0 Å². The maximum absolute atomic E-state index is 12.2. The fourth-order valence-electron chi connectivity index (χ4n) is 1.50. The third-order valence-electron chi connectivity index (χ3n) is 2.51. The van der Waals surface area contributed by atoms with Crippen molar-refractivity contribution in [1.29, 1.82) is 0 Å². The number of halogens is 1. The number of nitrogens with one attached hydrogen (secondary N) is 2. The van der Waals surface area contributed by atoms with Crippen LogP contribution in [0.25, 0.3) is 0 Å². The fourth-order valence-corrected chi connectivity index (χ4v) is 3.10. The summed E-state index contributed by atoms with van der Waals surface area (Å²) in [6.45, 7) is 3.47. The molecule has 2 N–H and O–H groups in total. The first-order chi connectivity index (χ1) is 8.40. The number of aryl methyl sites for hydroxylation is 2. The quantitative estimate of drug-likeness (QED) is 0.910. The standard InChI is InChI=1S/C11H12ClN3O2S/c1-7-3-4-9(12)5-10(7)18(16,17)15-11-8(2)6-13-14-11/h3-6H,1-2H3,(H2,13,14,15). The van der Waals surface area contributed by atoms with Gasteiger partial charge in [-0.25, -0.2) is 8.42 Å². The van der Waals surface area contributed by atoms with E-state index in [9.17, 15) is 8.42 Å². The highest BCUT2D eigenvalue weighted by atomic mass is 35.5. The van der Waals surface area contributed by atoms with Crippen LogP contribution in [0.4, 0.5) is 5.82 Å². The Balaban J connectivity index is 2.43. The molecule has 0 spiro atoms. The van der Waals surface area contributed by atoms with Gasteiger partial charge in [-0.2, -0.15) is 5.10 Å². The first-order valence-electron chi connectivity index (χ1n) is 5.19. The summed E-state index contributed by atoms with van der Waals surface area (Å²) >= 11 is 5.82. The highest BCUT2D eigenvalue weighted by Gasteiger charge is 2.18. The summed E-state index contributed by atoms with van der Waals surface area (Å²) in [6.07, 6.45) is 1.54. The number of benzene rings is 1. The van der Waals surface area contributed by atoms with Crippen molar-refractivity contribution in [3.05, 3.63) is 40.5 Å². The van der Waals surface area contributed by atoms with E-state index in [-0.39, 0.29) is 4.90 Å². The third-order valence-corrected chi connectivity index (χ3v) is 4.23. The minimum Gasteiger partial charge on any atom is -0.264 e. The molecule has 0 unspecified atom stereocenters. The van der Waals surface area contributed by atoms with E-state index in [1.807, 2.05) is 0 Å². The lowest BCUT2D eigenvalue weighted by atomic mass is 10.2. The van der Waals surface area contributed by atoms with Crippen LogP contribution in [-0.2, 0) is 10.0 Å². The number of anilines is 1. The maximum Gasteiger partial charge on any atom is 0.263 e. The lowest BCUT2D eigenvalue weighted by molar-refractivity contribution is 0.600. The number of aromatic amines is 1. The van der Waals surface area contributed by atoms with Gasteiger partial charge >= 0.3 is 0 Å². The maximum atomic E-state index is 12.2. The molecule has 96 valence electrons. The Hall–Kier alpha value is -1.53. The zero-order valence-corrected chi connectivity index (χ0v) is 11.4. The molecule has 18 heavy (non-hydrogen) atoms. The zero-order chi connectivity index (χ0) is 13.3. The van der Waals surface area contributed by atoms with E-state index in [2.05, 4.69) is 14.9 Å². The number of sulfonamides is 1. The van der Waals surface area contributed by atoms with Gasteiger partial charge < -0.3 is 0 Å². The number of hydrogen-bond donors (Lipinski definition) is 2. The van der Waals surface area contributed by atoms with Crippen LogP contribution in [-0.4, -0.2) is 18.6 Å². The Labute approximate surface area is 110 Å². The Bertz CT molecular complexity index is 679. The van der Waals surface area contributed by atoms with Crippen molar-refractivity contribution < 1.29 is 8.42 Å². The summed E-state index contributed by atoms with van der Waals surface area (Å²) in [4.78, 5) is 0.156. The fraction of sp³-hybridized carbons (Fsp3) is 0.182. The minimum absolute atomic E-state index is 0.156. The molecule has 2 rings (SSSR count). The van der Waals surface area contributed by atoms with Crippen molar-refractivity contribution in [2.75, 3.05) is 4.72 Å². The van der Waals surface area contributed by atoms with Gasteiger partial charge in [0.15, 0.2) is 0 Å². The van der Waals surface area contributed by atoms with Gasteiger partial charge in [-0.1, -0.05) is 17.7 Å². The van der Waals surface area contributed by atoms with Crippen molar-refractivity contribution in [3.63, 3.8) is 0 Å². The van der Waals surface area contributed by atoms with Crippen molar-refractivity contribution in [2.24, 2.45) is 0 Å². The van der Waals surface area contributed by atoms with Gasteiger partial charge in [-0.05, 0) is 31.5 Å². The van der Waals surface area contributed by atoms with Crippen LogP contribution in [0.15, 0.2) is 29.3 Å². The second-order valence-corrected chi connectivity index (χ2v) is 6.03. The van der Waals surface area contributed by atoms with E-state index in [0.29, 0.717) is 16.4 Å². The Morgan fingerprint density at radius 2 is 2.00 bits per heavy atom. The average Bonchev–Trinajstić information content (AvgIpc) is 2.67. The minimum atomic E-state index is -3.66. The van der Waals surface area contributed by atoms with E-state index in [4.69, 9.17) is 11.6 Å². The molecule has 5 nitrogen and oxygen atoms in total. The van der Waals surface area contributed by atoms with Crippen LogP contribution < -0.4 is 4.72 Å². The summed E-state index contributed by atoms with van der Waals surface area (Å²) in [6, 6.07) is 4.74. The van der Waals surface area contributed by atoms with Crippen LogP contribution >= 0.6 is 11.6 Å². The van der Waals surface area contributed by atoms with E-state index >= 15 is 0 Å². The molecule has 0 aliphatic carbocycles. The van der Waals surface area contributed by atoms with E-state index in [1.54, 1.807) is 32.2 Å². The summed E-state index contributed by atoms with van der Waals surface area (Å²) in [5.41, 5.74) is 1.35. The number of H-pyrrole nitrogens is 1. The summed E-state index contributed by atoms with van der Waals surface area (Å²) < 4.78 is 26.9. The van der Waals surface area contributed by atoms with Gasteiger partial charge in [-0.15, -0.1) is 0 Å². The molecule has 0 aliphatic heterocycles. The predicted octanol–water partition coefficient (Wildman–Crippen LogP) is 2.48. The molecule has 0 aliphatic rings. The zero-order valence-electron chi connectivity index (χ0n) is 9.86. The molecule has 0 saturated heterocycles. The molecule has 0 radical (unpaired) electrons. The smallest absolute Gasteiger partial charge is 0.263 e. The van der Waals surface area contributed by atoms with Gasteiger partial charge in [0.05, 0.1) is 11.1 Å². The number of rotatable bonds is 3. The highest BCUT2D eigenvalue weighted by Crippen LogP contribution is 2.23. The van der Waals surface area contributed by atoms with Crippen LogP contribution in [0.5, 0.6) is 0 Å². The molecular formula is C11H12ClN3O2S. The molecule has 2 aromatic rings. The van der Waals surface area contributed by atoms with Crippen molar-refractivity contribution in [1.82, 2.24) is 10.2 Å². The van der Waals surface area contributed by atoms with E-state index in [1.165, 1.54) is 6.07 Å². The van der Waals surface area contributed by atoms with Crippen molar-refractivity contribution >= 4 is 27.4 Å². The Kier molecular flexibility index (Phi) is 3.32. The first kappa shape index (κ1) is 12.9. The molecule has 0 saturated carbocycles. The topological polar surface area (TPSA) is 74.8 Å². The average molecular weight is 286 g/mol. The normalized spacial score (nSPS) is 11.5. The highest BCUT2D eigenvalue weighted by molar-refractivity contribution is 7.92. The van der Waals surface area contributed by atoms with Gasteiger partial charge in [0.2, 0.25) is 0 Å². The van der Waals surface area contributed by atoms with Crippen LogP contribution in [0, 0.1) is 13.8 Å². The third kappa shape index (κ3) is 2.49. The van der Waals surface area contributed by atoms with E-state index in [0.717, 1.165) is 5.56 Å². The van der Waals surface area contributed by atoms with Crippen LogP contribution in [0.1, 0.15) is 11.1 Å². The van der Waals surface area contributed by atoms with E-state index < -0.39 is 10.0 Å². The SMILES string of the molecule is Cc1ccc(Cl)cc1S(=O)(=O)Nc1[nH]ncc1C. The van der Waals surface area contributed by atoms with Crippen LogP contribution in [0.2, 0.25) is 5.02 Å². The second kappa shape index (κ2) is 4.62. The molecule has 0 amide bonds. The van der Waals surface area contributed by atoms with Gasteiger partial charge in [0.1, 0.15) is 5.82 Å². The van der Waals surface area contributed by atoms with Crippen molar-refractivity contribution in [3.8, 4) is 0 Å². The largest absolute Gasteiger partial charge is 0.264 e. The second-order valence-electron chi connectivity index (χ2n) is 3.94. The molecule has 0 bridgehead atoms. The van der Waals surface area contributed by atoms with Crippen LogP contribution in [0.3, 0.4) is 0 Å². The summed E-state index contributed by atoms with van der Waals surface area (Å²) in [5.74, 6) is 0.356. The predicted molar refractivity (Wildman–Crippen MR) is 70.3 cm³/mol. The molecule has 1 heterocycles. The Morgan fingerprint density at radius 1 is 1.28 bits per heavy atom. The number of nitrogens with zero attached hydrogens (tertiary/aromatic N) is 1. The number of hydrogen-bond acceptors (Lipinski definition) is 3. The number of aromatic nitrogens is 2. The summed E-state index contributed by atoms with van der Waals surface area (Å²) in [7, 11) is -3.66. The Morgan fingerprint density at radius 3 is 2.61 bits per heavy atom.